The molecule has 1 saturated heterocycles. The Morgan fingerprint density at radius 2 is 1.87 bits per heavy atom. The summed E-state index contributed by atoms with van der Waals surface area (Å²) in [6, 6.07) is 11.7. The molecular formula is C22H20FN3O3S. The lowest BCUT2D eigenvalue weighted by Gasteiger charge is -2.38. The number of rotatable bonds is 4. The zero-order chi connectivity index (χ0) is 20.9. The third kappa shape index (κ3) is 2.90. The molecule has 0 bridgehead atoms. The van der Waals surface area contributed by atoms with Gasteiger partial charge in [0.2, 0.25) is 5.95 Å². The van der Waals surface area contributed by atoms with E-state index in [2.05, 4.69) is 9.97 Å². The van der Waals surface area contributed by atoms with Gasteiger partial charge in [-0.3, -0.25) is 0 Å². The van der Waals surface area contributed by atoms with E-state index in [9.17, 15) is 12.8 Å². The maximum Gasteiger partial charge on any atom is 0.229 e. The second-order valence-corrected chi connectivity index (χ2v) is 9.97. The van der Waals surface area contributed by atoms with Gasteiger partial charge in [0.05, 0.1) is 29.3 Å². The van der Waals surface area contributed by atoms with Gasteiger partial charge in [0.25, 0.3) is 0 Å². The molecule has 2 aliphatic rings. The van der Waals surface area contributed by atoms with Crippen LogP contribution in [0.3, 0.4) is 0 Å². The summed E-state index contributed by atoms with van der Waals surface area (Å²) < 4.78 is 44.4. The molecule has 0 amide bonds. The summed E-state index contributed by atoms with van der Waals surface area (Å²) in [5, 5.41) is 0. The Hall–Kier alpha value is -2.84. The highest BCUT2D eigenvalue weighted by Crippen LogP contribution is 2.48. The summed E-state index contributed by atoms with van der Waals surface area (Å²) in [7, 11) is -3.34. The second kappa shape index (κ2) is 6.85. The highest BCUT2D eigenvalue weighted by Gasteiger charge is 2.49. The largest absolute Gasteiger partial charge is 0.379 e. The molecule has 6 nitrogen and oxygen atoms in total. The molecule has 8 heteroatoms. The molecule has 1 fully saturated rings. The Kier molecular flexibility index (Phi) is 4.37. The Balaban J connectivity index is 1.56. The third-order valence-electron chi connectivity index (χ3n) is 5.85. The van der Waals surface area contributed by atoms with Crippen molar-refractivity contribution in [3.63, 3.8) is 0 Å². The van der Waals surface area contributed by atoms with Crippen LogP contribution in [0.2, 0.25) is 0 Å². The molecular weight excluding hydrogens is 405 g/mol. The summed E-state index contributed by atoms with van der Waals surface area (Å²) in [5.41, 5.74) is 2.67. The lowest BCUT2D eigenvalue weighted by atomic mass is 9.81. The number of halogens is 1. The first-order valence-electron chi connectivity index (χ1n) is 9.73. The molecule has 0 N–H and O–H groups in total. The molecule has 154 valence electrons. The topological polar surface area (TPSA) is 72.4 Å². The van der Waals surface area contributed by atoms with Crippen LogP contribution in [0.1, 0.15) is 12.5 Å². The van der Waals surface area contributed by atoms with Gasteiger partial charge in [0, 0.05) is 35.8 Å². The van der Waals surface area contributed by atoms with E-state index >= 15 is 0 Å². The van der Waals surface area contributed by atoms with E-state index in [1.165, 1.54) is 6.07 Å². The number of benzene rings is 2. The van der Waals surface area contributed by atoms with Crippen molar-refractivity contribution >= 4 is 21.5 Å². The van der Waals surface area contributed by atoms with Crippen LogP contribution in [-0.4, -0.2) is 43.9 Å². The number of nitrogens with zero attached hydrogens (tertiary/aromatic N) is 3. The third-order valence-corrected chi connectivity index (χ3v) is 7.58. The Bertz CT molecular complexity index is 1220. The number of sulfone groups is 1. The van der Waals surface area contributed by atoms with Crippen molar-refractivity contribution in [2.24, 2.45) is 0 Å². The summed E-state index contributed by atoms with van der Waals surface area (Å²) in [6.07, 6.45) is 3.19. The average molecular weight is 425 g/mol. The molecule has 1 aromatic heterocycles. The molecule has 0 saturated carbocycles. The monoisotopic (exact) mass is 425 g/mol. The van der Waals surface area contributed by atoms with Crippen LogP contribution in [-0.2, 0) is 20.0 Å². The van der Waals surface area contributed by atoms with Crippen LogP contribution in [0.5, 0.6) is 0 Å². The predicted molar refractivity (Wildman–Crippen MR) is 111 cm³/mol. The van der Waals surface area contributed by atoms with Gasteiger partial charge < -0.3 is 9.64 Å². The fourth-order valence-electron chi connectivity index (χ4n) is 4.09. The number of hydrogen-bond acceptors (Lipinski definition) is 6. The number of aromatic nitrogens is 2. The Morgan fingerprint density at radius 3 is 2.50 bits per heavy atom. The summed E-state index contributed by atoms with van der Waals surface area (Å²) >= 11 is 0. The lowest BCUT2D eigenvalue weighted by molar-refractivity contribution is -0.0507. The molecule has 5 rings (SSSR count). The minimum atomic E-state index is -3.34. The van der Waals surface area contributed by atoms with E-state index in [0.29, 0.717) is 36.8 Å². The minimum absolute atomic E-state index is 0.0356. The SMILES string of the molecule is CCS(=O)(=O)c1ccc2c(c1)N(c1ncc(-c3ccccc3F)cn1)CC21COC1. The van der Waals surface area contributed by atoms with Gasteiger partial charge >= 0.3 is 0 Å². The highest BCUT2D eigenvalue weighted by molar-refractivity contribution is 7.91. The quantitative estimate of drug-likeness (QED) is 0.637. The van der Waals surface area contributed by atoms with Gasteiger partial charge in [0.1, 0.15) is 5.82 Å². The van der Waals surface area contributed by atoms with E-state index in [0.717, 1.165) is 11.3 Å². The van der Waals surface area contributed by atoms with Gasteiger partial charge in [-0.25, -0.2) is 22.8 Å². The molecule has 2 aliphatic heterocycles. The smallest absolute Gasteiger partial charge is 0.229 e. The fourth-order valence-corrected chi connectivity index (χ4v) is 4.98. The maximum absolute atomic E-state index is 14.1. The first-order chi connectivity index (χ1) is 14.4. The van der Waals surface area contributed by atoms with Crippen molar-refractivity contribution in [1.29, 1.82) is 0 Å². The molecule has 2 aromatic carbocycles. The average Bonchev–Trinajstić information content (AvgIpc) is 3.10. The second-order valence-electron chi connectivity index (χ2n) is 7.69. The minimum Gasteiger partial charge on any atom is -0.379 e. The first kappa shape index (κ1) is 19.1. The highest BCUT2D eigenvalue weighted by atomic mass is 32.2. The van der Waals surface area contributed by atoms with Crippen molar-refractivity contribution in [2.45, 2.75) is 17.2 Å². The Morgan fingerprint density at radius 1 is 1.13 bits per heavy atom. The van der Waals surface area contributed by atoms with E-state index in [-0.39, 0.29) is 21.9 Å². The molecule has 0 aliphatic carbocycles. The van der Waals surface area contributed by atoms with Crippen molar-refractivity contribution in [3.05, 3.63) is 66.2 Å². The van der Waals surface area contributed by atoms with Crippen LogP contribution < -0.4 is 4.90 Å². The van der Waals surface area contributed by atoms with Crippen molar-refractivity contribution in [3.8, 4) is 11.1 Å². The van der Waals surface area contributed by atoms with Gasteiger partial charge in [-0.05, 0) is 23.8 Å². The maximum atomic E-state index is 14.1. The lowest BCUT2D eigenvalue weighted by Crippen LogP contribution is -2.49. The zero-order valence-corrected chi connectivity index (χ0v) is 17.2. The van der Waals surface area contributed by atoms with Crippen LogP contribution in [0, 0.1) is 5.82 Å². The normalized spacial score (nSPS) is 17.1. The van der Waals surface area contributed by atoms with Crippen LogP contribution >= 0.6 is 0 Å². The van der Waals surface area contributed by atoms with Crippen LogP contribution in [0.4, 0.5) is 16.0 Å². The summed E-state index contributed by atoms with van der Waals surface area (Å²) in [4.78, 5) is 11.2. The standard InChI is InChI=1S/C22H20FN3O3S/c1-2-30(27,28)16-7-8-18-20(9-16)26(12-22(18)13-29-14-22)21-24-10-15(11-25-21)17-5-3-4-6-19(17)23/h3-11H,2,12-14H2,1H3. The van der Waals surface area contributed by atoms with E-state index < -0.39 is 9.84 Å². The van der Waals surface area contributed by atoms with E-state index in [4.69, 9.17) is 4.74 Å². The number of anilines is 2. The van der Waals surface area contributed by atoms with Gasteiger partial charge in [0.15, 0.2) is 9.84 Å². The Labute approximate surface area is 174 Å². The number of fused-ring (bicyclic) bond motifs is 2. The van der Waals surface area contributed by atoms with Gasteiger partial charge in [-0.2, -0.15) is 0 Å². The van der Waals surface area contributed by atoms with Gasteiger partial charge in [-0.15, -0.1) is 0 Å². The predicted octanol–water partition coefficient (Wildman–Crippen LogP) is 3.50. The molecule has 0 atom stereocenters. The van der Waals surface area contributed by atoms with Gasteiger partial charge in [-0.1, -0.05) is 31.2 Å². The van der Waals surface area contributed by atoms with Crippen molar-refractivity contribution < 1.29 is 17.5 Å². The van der Waals surface area contributed by atoms with E-state index in [1.807, 2.05) is 11.0 Å². The molecule has 3 aromatic rings. The summed E-state index contributed by atoms with van der Waals surface area (Å²) in [6.45, 7) is 3.39. The molecule has 0 unspecified atom stereocenters. The van der Waals surface area contributed by atoms with Crippen LogP contribution in [0.25, 0.3) is 11.1 Å². The number of ether oxygens (including phenoxy) is 1. The molecule has 0 radical (unpaired) electrons. The van der Waals surface area contributed by atoms with E-state index in [1.54, 1.807) is 49.6 Å². The zero-order valence-electron chi connectivity index (χ0n) is 16.4. The molecule has 30 heavy (non-hydrogen) atoms. The van der Waals surface area contributed by atoms with Crippen molar-refractivity contribution in [1.82, 2.24) is 9.97 Å². The van der Waals surface area contributed by atoms with Crippen LogP contribution in [0.15, 0.2) is 59.8 Å². The fraction of sp³-hybridized carbons (Fsp3) is 0.273. The molecule has 3 heterocycles. The summed E-state index contributed by atoms with van der Waals surface area (Å²) in [5.74, 6) is 0.153. The van der Waals surface area contributed by atoms with Crippen molar-refractivity contribution in [2.75, 3.05) is 30.4 Å². The first-order valence-corrected chi connectivity index (χ1v) is 11.4. The molecule has 1 spiro atoms. The number of hydrogen-bond donors (Lipinski definition) is 0.